The molecule has 1 fully saturated rings. The number of aromatic nitrogens is 1. The van der Waals surface area contributed by atoms with Crippen molar-refractivity contribution in [1.29, 1.82) is 5.26 Å². The number of para-hydroxylation sites is 1. The van der Waals surface area contributed by atoms with Crippen LogP contribution in [-0.2, 0) is 13.5 Å². The van der Waals surface area contributed by atoms with Crippen molar-refractivity contribution in [3.05, 3.63) is 36.0 Å². The summed E-state index contributed by atoms with van der Waals surface area (Å²) in [5, 5.41) is 14.0. The van der Waals surface area contributed by atoms with E-state index in [4.69, 9.17) is 0 Å². The molecule has 1 aromatic carbocycles. The van der Waals surface area contributed by atoms with Gasteiger partial charge in [0, 0.05) is 30.7 Å². The molecule has 3 heteroatoms. The number of hydrogen-bond acceptors (Lipinski definition) is 2. The highest BCUT2D eigenvalue weighted by Crippen LogP contribution is 2.39. The molecular formula is C17H21N3. The molecule has 1 aliphatic carbocycles. The summed E-state index contributed by atoms with van der Waals surface area (Å²) in [7, 11) is 2.10. The highest BCUT2D eigenvalue weighted by molar-refractivity contribution is 5.83. The van der Waals surface area contributed by atoms with Crippen LogP contribution in [0.15, 0.2) is 30.5 Å². The summed E-state index contributed by atoms with van der Waals surface area (Å²) >= 11 is 0. The van der Waals surface area contributed by atoms with E-state index in [-0.39, 0.29) is 5.41 Å². The van der Waals surface area contributed by atoms with Gasteiger partial charge in [-0.15, -0.1) is 0 Å². The zero-order chi connectivity index (χ0) is 14.0. The molecule has 1 saturated carbocycles. The third-order valence-electron chi connectivity index (χ3n) is 4.56. The van der Waals surface area contributed by atoms with Crippen molar-refractivity contribution in [1.82, 2.24) is 9.88 Å². The standard InChI is InChI=1S/C17H21N3/c1-20-11-14(15-5-2-3-6-16(15)20)7-10-19-13-17(12-18)8-4-9-17/h2-3,5-6,11,19H,4,7-10,13H2,1H3. The van der Waals surface area contributed by atoms with E-state index in [0.29, 0.717) is 0 Å². The average Bonchev–Trinajstić information content (AvgIpc) is 2.75. The number of hydrogen-bond donors (Lipinski definition) is 1. The molecule has 0 bridgehead atoms. The number of nitriles is 1. The number of nitrogens with zero attached hydrogens (tertiary/aromatic N) is 2. The first-order chi connectivity index (χ1) is 9.74. The lowest BCUT2D eigenvalue weighted by Crippen LogP contribution is -2.39. The maximum Gasteiger partial charge on any atom is 0.0703 e. The van der Waals surface area contributed by atoms with E-state index in [2.05, 4.69) is 53.5 Å². The van der Waals surface area contributed by atoms with Gasteiger partial charge < -0.3 is 9.88 Å². The van der Waals surface area contributed by atoms with Crippen LogP contribution in [-0.4, -0.2) is 17.7 Å². The zero-order valence-corrected chi connectivity index (χ0v) is 12.0. The molecule has 1 N–H and O–H groups in total. The number of nitrogens with one attached hydrogen (secondary N) is 1. The molecule has 0 atom stereocenters. The SMILES string of the molecule is Cn1cc(CCNCC2(C#N)CCC2)c2ccccc21. The molecule has 104 valence electrons. The van der Waals surface area contributed by atoms with Gasteiger partial charge >= 0.3 is 0 Å². The fourth-order valence-electron chi connectivity index (χ4n) is 3.11. The van der Waals surface area contributed by atoms with Crippen LogP contribution in [0.25, 0.3) is 10.9 Å². The van der Waals surface area contributed by atoms with E-state index in [1.54, 1.807) is 0 Å². The molecule has 1 heterocycles. The van der Waals surface area contributed by atoms with E-state index < -0.39 is 0 Å². The Hall–Kier alpha value is -1.79. The van der Waals surface area contributed by atoms with Crippen molar-refractivity contribution in [2.24, 2.45) is 12.5 Å². The summed E-state index contributed by atoms with van der Waals surface area (Å²) in [6, 6.07) is 11.0. The molecule has 3 rings (SSSR count). The molecule has 0 amide bonds. The van der Waals surface area contributed by atoms with Crippen LogP contribution < -0.4 is 5.32 Å². The van der Waals surface area contributed by atoms with Gasteiger partial charge in [-0.3, -0.25) is 0 Å². The van der Waals surface area contributed by atoms with Crippen LogP contribution in [0.5, 0.6) is 0 Å². The monoisotopic (exact) mass is 267 g/mol. The van der Waals surface area contributed by atoms with Gasteiger partial charge in [0.2, 0.25) is 0 Å². The minimum atomic E-state index is -0.0707. The molecule has 1 aliphatic rings. The highest BCUT2D eigenvalue weighted by Gasteiger charge is 2.36. The number of aryl methyl sites for hydroxylation is 1. The zero-order valence-electron chi connectivity index (χ0n) is 12.0. The lowest BCUT2D eigenvalue weighted by molar-refractivity contribution is 0.208. The summed E-state index contributed by atoms with van der Waals surface area (Å²) in [5.41, 5.74) is 2.60. The maximum absolute atomic E-state index is 9.20. The Morgan fingerprint density at radius 2 is 2.15 bits per heavy atom. The quantitative estimate of drug-likeness (QED) is 0.846. The normalized spacial score (nSPS) is 16.8. The fraction of sp³-hybridized carbons (Fsp3) is 0.471. The lowest BCUT2D eigenvalue weighted by Gasteiger charge is -2.35. The number of fused-ring (bicyclic) bond motifs is 1. The van der Waals surface area contributed by atoms with Crippen LogP contribution in [0.3, 0.4) is 0 Å². The molecule has 3 nitrogen and oxygen atoms in total. The third-order valence-corrected chi connectivity index (χ3v) is 4.56. The molecular weight excluding hydrogens is 246 g/mol. The smallest absolute Gasteiger partial charge is 0.0703 e. The maximum atomic E-state index is 9.20. The average molecular weight is 267 g/mol. The Morgan fingerprint density at radius 3 is 2.85 bits per heavy atom. The van der Waals surface area contributed by atoms with E-state index in [0.717, 1.165) is 32.4 Å². The molecule has 0 aliphatic heterocycles. The van der Waals surface area contributed by atoms with E-state index in [1.807, 2.05) is 0 Å². The first-order valence-corrected chi connectivity index (χ1v) is 7.39. The summed E-state index contributed by atoms with van der Waals surface area (Å²) in [6.07, 6.45) is 6.56. The van der Waals surface area contributed by atoms with E-state index >= 15 is 0 Å². The van der Waals surface area contributed by atoms with Gasteiger partial charge in [-0.2, -0.15) is 5.26 Å². The third kappa shape index (κ3) is 2.32. The van der Waals surface area contributed by atoms with Crippen molar-refractivity contribution in [3.63, 3.8) is 0 Å². The molecule has 2 aromatic rings. The second-order valence-electron chi connectivity index (χ2n) is 5.95. The van der Waals surface area contributed by atoms with Crippen molar-refractivity contribution in [3.8, 4) is 6.07 Å². The van der Waals surface area contributed by atoms with Crippen LogP contribution >= 0.6 is 0 Å². The largest absolute Gasteiger partial charge is 0.350 e. The Labute approximate surface area is 120 Å². The van der Waals surface area contributed by atoms with Gasteiger partial charge in [-0.1, -0.05) is 24.6 Å². The highest BCUT2D eigenvalue weighted by atomic mass is 14.9. The first-order valence-electron chi connectivity index (χ1n) is 7.39. The van der Waals surface area contributed by atoms with E-state index in [9.17, 15) is 5.26 Å². The molecule has 0 saturated heterocycles. The summed E-state index contributed by atoms with van der Waals surface area (Å²) in [4.78, 5) is 0. The molecule has 0 spiro atoms. The second kappa shape index (κ2) is 5.30. The van der Waals surface area contributed by atoms with Crippen molar-refractivity contribution in [2.75, 3.05) is 13.1 Å². The van der Waals surface area contributed by atoms with Crippen molar-refractivity contribution in [2.45, 2.75) is 25.7 Å². The summed E-state index contributed by atoms with van der Waals surface area (Å²) < 4.78 is 2.19. The minimum Gasteiger partial charge on any atom is -0.350 e. The fourth-order valence-corrected chi connectivity index (χ4v) is 3.11. The summed E-state index contributed by atoms with van der Waals surface area (Å²) in [5.74, 6) is 0. The van der Waals surface area contributed by atoms with Crippen molar-refractivity contribution < 1.29 is 0 Å². The number of rotatable bonds is 5. The Balaban J connectivity index is 1.59. The van der Waals surface area contributed by atoms with Crippen LogP contribution in [0, 0.1) is 16.7 Å². The topological polar surface area (TPSA) is 40.8 Å². The second-order valence-corrected chi connectivity index (χ2v) is 5.95. The Morgan fingerprint density at radius 1 is 1.35 bits per heavy atom. The first kappa shape index (κ1) is 13.2. The minimum absolute atomic E-state index is 0.0707. The van der Waals surface area contributed by atoms with Gasteiger partial charge in [0.1, 0.15) is 0 Å². The molecule has 20 heavy (non-hydrogen) atoms. The van der Waals surface area contributed by atoms with Crippen molar-refractivity contribution >= 4 is 10.9 Å². The Kier molecular flexibility index (Phi) is 3.50. The van der Waals surface area contributed by atoms with Crippen LogP contribution in [0.2, 0.25) is 0 Å². The van der Waals surface area contributed by atoms with E-state index in [1.165, 1.54) is 22.9 Å². The van der Waals surface area contributed by atoms with Gasteiger partial charge in [0.15, 0.2) is 0 Å². The molecule has 0 radical (unpaired) electrons. The van der Waals surface area contributed by atoms with Gasteiger partial charge in [-0.25, -0.2) is 0 Å². The van der Waals surface area contributed by atoms with Crippen LogP contribution in [0.4, 0.5) is 0 Å². The Bertz CT molecular complexity index is 644. The van der Waals surface area contributed by atoms with Crippen LogP contribution in [0.1, 0.15) is 24.8 Å². The van der Waals surface area contributed by atoms with Gasteiger partial charge in [0.05, 0.1) is 11.5 Å². The van der Waals surface area contributed by atoms with Gasteiger partial charge in [0.25, 0.3) is 0 Å². The lowest BCUT2D eigenvalue weighted by atomic mass is 9.70. The predicted molar refractivity (Wildman–Crippen MR) is 81.4 cm³/mol. The summed E-state index contributed by atoms with van der Waals surface area (Å²) in [6.45, 7) is 1.78. The molecule has 0 unspecified atom stereocenters. The molecule has 1 aromatic heterocycles. The van der Waals surface area contributed by atoms with Gasteiger partial charge in [-0.05, 0) is 37.4 Å². The predicted octanol–water partition coefficient (Wildman–Crippen LogP) is 3.00. The number of benzene rings is 1.